The van der Waals surface area contributed by atoms with Crippen LogP contribution in [0.4, 0.5) is 11.8 Å². The number of hydrogen-bond acceptors (Lipinski definition) is 4. The minimum Gasteiger partial charge on any atom is -0.383 e. The van der Waals surface area contributed by atoms with E-state index in [0.717, 1.165) is 11.1 Å². The molecule has 2 aromatic carbocycles. The molecule has 0 aliphatic rings. The number of nitrogens with two attached hydrogens (primary N) is 2. The molecule has 19 heavy (non-hydrogen) atoms. The molecule has 4 nitrogen and oxygen atoms in total. The van der Waals surface area contributed by atoms with Crippen LogP contribution in [0.2, 0.25) is 5.02 Å². The van der Waals surface area contributed by atoms with Gasteiger partial charge in [-0.3, -0.25) is 0 Å². The van der Waals surface area contributed by atoms with E-state index in [-0.39, 0.29) is 5.95 Å². The lowest BCUT2D eigenvalue weighted by molar-refractivity contribution is 1.25. The van der Waals surface area contributed by atoms with E-state index in [9.17, 15) is 0 Å². The first-order valence-corrected chi connectivity index (χ1v) is 6.11. The molecule has 0 bridgehead atoms. The third-order valence-corrected chi connectivity index (χ3v) is 3.32. The quantitative estimate of drug-likeness (QED) is 0.712. The molecule has 0 aliphatic heterocycles. The first kappa shape index (κ1) is 11.7. The fourth-order valence-corrected chi connectivity index (χ4v) is 2.44. The van der Waals surface area contributed by atoms with E-state index in [4.69, 9.17) is 23.1 Å². The van der Waals surface area contributed by atoms with Gasteiger partial charge in [-0.05, 0) is 11.6 Å². The maximum atomic E-state index is 6.43. The second kappa shape index (κ2) is 4.40. The predicted octanol–water partition coefficient (Wildman–Crippen LogP) is 3.11. The first-order chi connectivity index (χ1) is 9.16. The van der Waals surface area contributed by atoms with Crippen molar-refractivity contribution in [3.8, 4) is 11.1 Å². The van der Waals surface area contributed by atoms with E-state index in [1.165, 1.54) is 0 Å². The number of halogens is 1. The molecule has 0 saturated carbocycles. The molecule has 1 heterocycles. The van der Waals surface area contributed by atoms with Gasteiger partial charge in [-0.15, -0.1) is 0 Å². The lowest BCUT2D eigenvalue weighted by Gasteiger charge is -2.09. The van der Waals surface area contributed by atoms with Gasteiger partial charge in [0.15, 0.2) is 0 Å². The molecule has 0 saturated heterocycles. The Labute approximate surface area is 115 Å². The van der Waals surface area contributed by atoms with Crippen LogP contribution in [0.3, 0.4) is 0 Å². The SMILES string of the molecule is Nc1nc(N)c2c(Cl)c(-c3ccccc3)ccc2n1. The number of nitrogen functional groups attached to an aromatic ring is 2. The van der Waals surface area contributed by atoms with E-state index in [1.54, 1.807) is 0 Å². The van der Waals surface area contributed by atoms with Crippen LogP contribution < -0.4 is 11.5 Å². The summed E-state index contributed by atoms with van der Waals surface area (Å²) in [5.74, 6) is 0.443. The summed E-state index contributed by atoms with van der Waals surface area (Å²) in [5, 5.41) is 1.18. The van der Waals surface area contributed by atoms with Gasteiger partial charge < -0.3 is 11.5 Å². The molecule has 0 radical (unpaired) electrons. The molecule has 4 N–H and O–H groups in total. The maximum Gasteiger partial charge on any atom is 0.222 e. The van der Waals surface area contributed by atoms with Crippen LogP contribution >= 0.6 is 11.6 Å². The minimum atomic E-state index is 0.147. The Morgan fingerprint density at radius 3 is 2.37 bits per heavy atom. The molecule has 0 aliphatic carbocycles. The zero-order valence-electron chi connectivity index (χ0n) is 9.97. The number of fused-ring (bicyclic) bond motifs is 1. The Balaban J connectivity index is 2.33. The molecule has 0 amide bonds. The molecular formula is C14H11ClN4. The van der Waals surface area contributed by atoms with Gasteiger partial charge in [0.05, 0.1) is 15.9 Å². The summed E-state index contributed by atoms with van der Waals surface area (Å²) < 4.78 is 0. The molecule has 3 rings (SSSR count). The summed E-state index contributed by atoms with van der Waals surface area (Å²) in [6, 6.07) is 13.6. The maximum absolute atomic E-state index is 6.43. The zero-order chi connectivity index (χ0) is 13.4. The van der Waals surface area contributed by atoms with Gasteiger partial charge in [-0.1, -0.05) is 48.0 Å². The minimum absolute atomic E-state index is 0.147. The van der Waals surface area contributed by atoms with Gasteiger partial charge in [0.25, 0.3) is 0 Å². The van der Waals surface area contributed by atoms with Crippen LogP contribution in [0.5, 0.6) is 0 Å². The molecule has 0 spiro atoms. The molecule has 1 aromatic heterocycles. The molecular weight excluding hydrogens is 260 g/mol. The Morgan fingerprint density at radius 2 is 1.63 bits per heavy atom. The van der Waals surface area contributed by atoms with Gasteiger partial charge in [0.2, 0.25) is 5.95 Å². The van der Waals surface area contributed by atoms with Crippen molar-refractivity contribution in [2.24, 2.45) is 0 Å². The number of benzene rings is 2. The fraction of sp³-hybridized carbons (Fsp3) is 0. The molecule has 0 atom stereocenters. The summed E-state index contributed by atoms with van der Waals surface area (Å²) >= 11 is 6.43. The highest BCUT2D eigenvalue weighted by molar-refractivity contribution is 6.39. The average molecular weight is 271 g/mol. The topological polar surface area (TPSA) is 77.8 Å². The van der Waals surface area contributed by atoms with Crippen molar-refractivity contribution in [1.82, 2.24) is 9.97 Å². The van der Waals surface area contributed by atoms with E-state index < -0.39 is 0 Å². The summed E-state index contributed by atoms with van der Waals surface area (Å²) in [4.78, 5) is 8.09. The average Bonchev–Trinajstić information content (AvgIpc) is 2.39. The zero-order valence-corrected chi connectivity index (χ0v) is 10.7. The highest BCUT2D eigenvalue weighted by atomic mass is 35.5. The number of aromatic nitrogens is 2. The van der Waals surface area contributed by atoms with Crippen molar-refractivity contribution in [3.63, 3.8) is 0 Å². The van der Waals surface area contributed by atoms with Gasteiger partial charge in [0, 0.05) is 5.56 Å². The van der Waals surface area contributed by atoms with E-state index in [0.29, 0.717) is 21.7 Å². The van der Waals surface area contributed by atoms with Crippen LogP contribution in [0.15, 0.2) is 42.5 Å². The fourth-order valence-electron chi connectivity index (χ4n) is 2.07. The molecule has 0 fully saturated rings. The Kier molecular flexibility index (Phi) is 2.72. The van der Waals surface area contributed by atoms with Crippen LogP contribution in [0, 0.1) is 0 Å². The van der Waals surface area contributed by atoms with Crippen molar-refractivity contribution in [1.29, 1.82) is 0 Å². The molecule has 3 aromatic rings. The van der Waals surface area contributed by atoms with E-state index in [2.05, 4.69) is 9.97 Å². The number of hydrogen-bond donors (Lipinski definition) is 2. The third-order valence-electron chi connectivity index (χ3n) is 2.93. The number of nitrogens with zero attached hydrogens (tertiary/aromatic N) is 2. The van der Waals surface area contributed by atoms with Crippen molar-refractivity contribution in [2.75, 3.05) is 11.5 Å². The summed E-state index contributed by atoms with van der Waals surface area (Å²) in [6.07, 6.45) is 0. The molecule has 94 valence electrons. The summed E-state index contributed by atoms with van der Waals surface area (Å²) in [7, 11) is 0. The normalized spacial score (nSPS) is 10.8. The van der Waals surface area contributed by atoms with Gasteiger partial charge >= 0.3 is 0 Å². The second-order valence-corrected chi connectivity index (χ2v) is 4.53. The summed E-state index contributed by atoms with van der Waals surface area (Å²) in [6.45, 7) is 0. The number of anilines is 2. The van der Waals surface area contributed by atoms with Crippen molar-refractivity contribution in [2.45, 2.75) is 0 Å². The van der Waals surface area contributed by atoms with Crippen molar-refractivity contribution < 1.29 is 0 Å². The number of rotatable bonds is 1. The van der Waals surface area contributed by atoms with Gasteiger partial charge in [-0.2, -0.15) is 4.98 Å². The monoisotopic (exact) mass is 270 g/mol. The largest absolute Gasteiger partial charge is 0.383 e. The molecule has 0 unspecified atom stereocenters. The van der Waals surface area contributed by atoms with Crippen LogP contribution in [-0.4, -0.2) is 9.97 Å². The van der Waals surface area contributed by atoms with E-state index in [1.807, 2.05) is 42.5 Å². The Hall–Kier alpha value is -2.33. The lowest BCUT2D eigenvalue weighted by atomic mass is 10.0. The summed E-state index contributed by atoms with van der Waals surface area (Å²) in [5.41, 5.74) is 14.0. The van der Waals surface area contributed by atoms with E-state index >= 15 is 0 Å². The van der Waals surface area contributed by atoms with Crippen LogP contribution in [-0.2, 0) is 0 Å². The second-order valence-electron chi connectivity index (χ2n) is 4.15. The van der Waals surface area contributed by atoms with Gasteiger partial charge in [0.1, 0.15) is 5.82 Å². The standard InChI is InChI=1S/C14H11ClN4/c15-12-9(8-4-2-1-3-5-8)6-7-10-11(12)13(16)19-14(17)18-10/h1-7H,(H4,16,17,18,19). The smallest absolute Gasteiger partial charge is 0.222 e. The lowest BCUT2D eigenvalue weighted by Crippen LogP contribution is -2.01. The van der Waals surface area contributed by atoms with Crippen molar-refractivity contribution >= 4 is 34.3 Å². The van der Waals surface area contributed by atoms with Crippen LogP contribution in [0.25, 0.3) is 22.0 Å². The predicted molar refractivity (Wildman–Crippen MR) is 78.8 cm³/mol. The van der Waals surface area contributed by atoms with Crippen LogP contribution in [0.1, 0.15) is 0 Å². The molecule has 5 heteroatoms. The Bertz CT molecular complexity index is 756. The van der Waals surface area contributed by atoms with Crippen molar-refractivity contribution in [3.05, 3.63) is 47.5 Å². The third kappa shape index (κ3) is 1.96. The van der Waals surface area contributed by atoms with Gasteiger partial charge in [-0.25, -0.2) is 4.98 Å². The first-order valence-electron chi connectivity index (χ1n) is 5.73. The Morgan fingerprint density at radius 1 is 0.895 bits per heavy atom. The highest BCUT2D eigenvalue weighted by Gasteiger charge is 2.12. The highest BCUT2D eigenvalue weighted by Crippen LogP contribution is 2.35.